The molecule has 0 aromatic rings. The Morgan fingerprint density at radius 3 is 2.82 bits per heavy atom. The van der Waals surface area contributed by atoms with Gasteiger partial charge in [-0.25, -0.2) is 4.79 Å². The van der Waals surface area contributed by atoms with Crippen LogP contribution in [0.4, 0.5) is 0 Å². The van der Waals surface area contributed by atoms with Crippen molar-refractivity contribution >= 4 is 11.9 Å². The fourth-order valence-corrected chi connectivity index (χ4v) is 2.66. The molecule has 0 aromatic heterocycles. The predicted octanol–water partition coefficient (Wildman–Crippen LogP) is -1.22. The van der Waals surface area contributed by atoms with Gasteiger partial charge in [-0.2, -0.15) is 0 Å². The second kappa shape index (κ2) is 5.01. The van der Waals surface area contributed by atoms with Gasteiger partial charge in [-0.15, -0.1) is 0 Å². The largest absolute Gasteiger partial charge is 0.467 e. The van der Waals surface area contributed by atoms with Crippen molar-refractivity contribution in [2.45, 2.75) is 37.5 Å². The molecule has 0 aromatic carbocycles. The average Bonchev–Trinajstić information content (AvgIpc) is 2.96. The number of fused-ring (bicyclic) bond motifs is 2. The van der Waals surface area contributed by atoms with Gasteiger partial charge in [0.05, 0.1) is 19.6 Å². The predicted molar refractivity (Wildman–Crippen MR) is 59.1 cm³/mol. The third-order valence-electron chi connectivity index (χ3n) is 3.58. The molecule has 0 aliphatic carbocycles. The zero-order chi connectivity index (χ0) is 12.4. The lowest BCUT2D eigenvalue weighted by molar-refractivity contribution is -0.150. The van der Waals surface area contributed by atoms with E-state index in [9.17, 15) is 14.7 Å². The normalized spacial score (nSPS) is 32.2. The maximum absolute atomic E-state index is 11.8. The standard InChI is InChI=1S/C11H18N2O4/c1-17-11(16)9(14)5-12-10(15)7-4-6-2-3-8(7)13-6/h6-9,13-14H,2-5H2,1H3,(H,12,15). The first kappa shape index (κ1) is 12.3. The first-order valence-electron chi connectivity index (χ1n) is 5.91. The van der Waals surface area contributed by atoms with E-state index in [2.05, 4.69) is 15.4 Å². The number of aliphatic hydroxyl groups excluding tert-OH is 1. The van der Waals surface area contributed by atoms with Gasteiger partial charge >= 0.3 is 5.97 Å². The van der Waals surface area contributed by atoms with Crippen molar-refractivity contribution in [1.82, 2.24) is 10.6 Å². The molecule has 17 heavy (non-hydrogen) atoms. The van der Waals surface area contributed by atoms with E-state index in [1.165, 1.54) is 7.11 Å². The number of ether oxygens (including phenoxy) is 1. The van der Waals surface area contributed by atoms with Crippen molar-refractivity contribution in [3.63, 3.8) is 0 Å². The van der Waals surface area contributed by atoms with Gasteiger partial charge in [0, 0.05) is 12.1 Å². The maximum Gasteiger partial charge on any atom is 0.336 e. The molecular weight excluding hydrogens is 224 g/mol. The highest BCUT2D eigenvalue weighted by Gasteiger charge is 2.42. The van der Waals surface area contributed by atoms with Gasteiger partial charge in [0.1, 0.15) is 0 Å². The second-order valence-electron chi connectivity index (χ2n) is 4.67. The summed E-state index contributed by atoms with van der Waals surface area (Å²) in [6.07, 6.45) is 1.74. The number of amides is 1. The minimum absolute atomic E-state index is 0.0291. The number of aliphatic hydroxyl groups is 1. The Kier molecular flexibility index (Phi) is 3.63. The van der Waals surface area contributed by atoms with Crippen LogP contribution in [-0.2, 0) is 14.3 Å². The zero-order valence-corrected chi connectivity index (χ0v) is 9.81. The third kappa shape index (κ3) is 2.58. The number of carbonyl (C=O) groups is 2. The molecule has 2 saturated heterocycles. The summed E-state index contributed by atoms with van der Waals surface area (Å²) in [5.74, 6) is -0.845. The Balaban J connectivity index is 1.76. The van der Waals surface area contributed by atoms with Crippen molar-refractivity contribution in [2.24, 2.45) is 5.92 Å². The molecule has 0 saturated carbocycles. The molecule has 6 nitrogen and oxygen atoms in total. The van der Waals surface area contributed by atoms with Crippen molar-refractivity contribution in [3.8, 4) is 0 Å². The molecule has 2 aliphatic rings. The van der Waals surface area contributed by atoms with E-state index < -0.39 is 12.1 Å². The van der Waals surface area contributed by atoms with E-state index in [1.807, 2.05) is 0 Å². The summed E-state index contributed by atoms with van der Waals surface area (Å²) < 4.78 is 4.37. The van der Waals surface area contributed by atoms with E-state index in [0.29, 0.717) is 6.04 Å². The van der Waals surface area contributed by atoms with Crippen LogP contribution in [-0.4, -0.2) is 48.8 Å². The lowest BCUT2D eigenvalue weighted by atomic mass is 9.88. The molecular formula is C11H18N2O4. The smallest absolute Gasteiger partial charge is 0.336 e. The van der Waals surface area contributed by atoms with Crippen LogP contribution in [0.3, 0.4) is 0 Å². The molecule has 1 amide bonds. The minimum Gasteiger partial charge on any atom is -0.467 e. The molecule has 2 heterocycles. The van der Waals surface area contributed by atoms with Gasteiger partial charge < -0.3 is 20.5 Å². The summed E-state index contributed by atoms with van der Waals surface area (Å²) >= 11 is 0. The summed E-state index contributed by atoms with van der Waals surface area (Å²) in [5, 5.41) is 15.3. The SMILES string of the molecule is COC(=O)C(O)CNC(=O)C1CC2CCC1N2. The molecule has 6 heteroatoms. The molecule has 4 unspecified atom stereocenters. The number of carbonyl (C=O) groups excluding carboxylic acids is 2. The van der Waals surface area contributed by atoms with Crippen LogP contribution >= 0.6 is 0 Å². The number of nitrogens with one attached hydrogen (secondary N) is 2. The molecule has 0 spiro atoms. The fraction of sp³-hybridized carbons (Fsp3) is 0.818. The van der Waals surface area contributed by atoms with Gasteiger partial charge in [0.15, 0.2) is 6.10 Å². The number of esters is 1. The highest BCUT2D eigenvalue weighted by atomic mass is 16.5. The minimum atomic E-state index is -1.28. The Bertz CT molecular complexity index is 321. The summed E-state index contributed by atoms with van der Waals surface area (Å²) in [4.78, 5) is 22.8. The Morgan fingerprint density at radius 1 is 1.53 bits per heavy atom. The van der Waals surface area contributed by atoms with E-state index in [0.717, 1.165) is 19.3 Å². The maximum atomic E-state index is 11.8. The Morgan fingerprint density at radius 2 is 2.29 bits per heavy atom. The number of hydrogen-bond donors (Lipinski definition) is 3. The van der Waals surface area contributed by atoms with Crippen molar-refractivity contribution in [2.75, 3.05) is 13.7 Å². The first-order chi connectivity index (χ1) is 8.11. The molecule has 2 fully saturated rings. The monoisotopic (exact) mass is 242 g/mol. The topological polar surface area (TPSA) is 87.7 Å². The second-order valence-corrected chi connectivity index (χ2v) is 4.67. The number of rotatable bonds is 4. The number of hydrogen-bond acceptors (Lipinski definition) is 5. The average molecular weight is 242 g/mol. The quantitative estimate of drug-likeness (QED) is 0.538. The zero-order valence-electron chi connectivity index (χ0n) is 9.81. The summed E-state index contributed by atoms with van der Waals surface area (Å²) in [7, 11) is 1.20. The van der Waals surface area contributed by atoms with Gasteiger partial charge in [-0.1, -0.05) is 0 Å². The van der Waals surface area contributed by atoms with Crippen LogP contribution in [0, 0.1) is 5.92 Å². The Hall–Kier alpha value is -1.14. The van der Waals surface area contributed by atoms with Gasteiger partial charge in [0.25, 0.3) is 0 Å². The molecule has 2 rings (SSSR count). The van der Waals surface area contributed by atoms with E-state index in [4.69, 9.17) is 0 Å². The molecule has 2 bridgehead atoms. The van der Waals surface area contributed by atoms with Crippen molar-refractivity contribution < 1.29 is 19.4 Å². The van der Waals surface area contributed by atoms with Crippen LogP contribution in [0.5, 0.6) is 0 Å². The summed E-state index contributed by atoms with van der Waals surface area (Å²) in [5.41, 5.74) is 0. The molecule has 0 radical (unpaired) electrons. The van der Waals surface area contributed by atoms with E-state index in [-0.39, 0.29) is 24.4 Å². The molecule has 96 valence electrons. The van der Waals surface area contributed by atoms with Crippen LogP contribution in [0.1, 0.15) is 19.3 Å². The Labute approximate surface area is 99.7 Å². The summed E-state index contributed by atoms with van der Waals surface area (Å²) in [6, 6.07) is 0.719. The fourth-order valence-electron chi connectivity index (χ4n) is 2.66. The summed E-state index contributed by atoms with van der Waals surface area (Å²) in [6.45, 7) is -0.0839. The van der Waals surface area contributed by atoms with E-state index >= 15 is 0 Å². The lowest BCUT2D eigenvalue weighted by Crippen LogP contribution is -2.42. The van der Waals surface area contributed by atoms with Gasteiger partial charge in [0.2, 0.25) is 5.91 Å². The van der Waals surface area contributed by atoms with Crippen LogP contribution in [0.15, 0.2) is 0 Å². The van der Waals surface area contributed by atoms with Crippen LogP contribution in [0.25, 0.3) is 0 Å². The molecule has 2 aliphatic heterocycles. The van der Waals surface area contributed by atoms with E-state index in [1.54, 1.807) is 0 Å². The highest BCUT2D eigenvalue weighted by Crippen LogP contribution is 2.33. The first-order valence-corrected chi connectivity index (χ1v) is 5.91. The van der Waals surface area contributed by atoms with Gasteiger partial charge in [-0.3, -0.25) is 4.79 Å². The number of methoxy groups -OCH3 is 1. The molecule has 3 N–H and O–H groups in total. The third-order valence-corrected chi connectivity index (χ3v) is 3.58. The highest BCUT2D eigenvalue weighted by molar-refractivity contribution is 5.81. The van der Waals surface area contributed by atoms with Crippen molar-refractivity contribution in [1.29, 1.82) is 0 Å². The lowest BCUT2D eigenvalue weighted by Gasteiger charge is -2.20. The van der Waals surface area contributed by atoms with Crippen molar-refractivity contribution in [3.05, 3.63) is 0 Å². The van der Waals surface area contributed by atoms with Crippen LogP contribution in [0.2, 0.25) is 0 Å². The van der Waals surface area contributed by atoms with Crippen LogP contribution < -0.4 is 10.6 Å². The molecule has 4 atom stereocenters. The van der Waals surface area contributed by atoms with Gasteiger partial charge in [-0.05, 0) is 19.3 Å².